The Balaban J connectivity index is 1.64. The summed E-state index contributed by atoms with van der Waals surface area (Å²) in [5, 5.41) is 4.96. The number of amides is 1. The van der Waals surface area contributed by atoms with Crippen LogP contribution in [0.3, 0.4) is 0 Å². The van der Waals surface area contributed by atoms with Gasteiger partial charge < -0.3 is 10.3 Å². The third kappa shape index (κ3) is 2.78. The molecule has 24 heavy (non-hydrogen) atoms. The third-order valence-corrected chi connectivity index (χ3v) is 5.19. The molecule has 3 aromatic heterocycles. The van der Waals surface area contributed by atoms with Gasteiger partial charge in [0.15, 0.2) is 0 Å². The molecular weight excluding hydrogens is 318 g/mol. The van der Waals surface area contributed by atoms with E-state index in [-0.39, 0.29) is 5.91 Å². The molecule has 0 aliphatic carbocycles. The van der Waals surface area contributed by atoms with Gasteiger partial charge in [-0.3, -0.25) is 9.78 Å². The van der Waals surface area contributed by atoms with Gasteiger partial charge in [-0.25, -0.2) is 0 Å². The Morgan fingerprint density at radius 1 is 1.25 bits per heavy atom. The second kappa shape index (κ2) is 6.09. The fraction of sp³-hybridized carbons (Fsp3) is 0.158. The summed E-state index contributed by atoms with van der Waals surface area (Å²) in [7, 11) is 0. The van der Waals surface area contributed by atoms with E-state index in [0.717, 1.165) is 34.6 Å². The lowest BCUT2D eigenvalue weighted by atomic mass is 10.1. The van der Waals surface area contributed by atoms with E-state index in [4.69, 9.17) is 0 Å². The topological polar surface area (TPSA) is 57.8 Å². The van der Waals surface area contributed by atoms with Crippen molar-refractivity contribution in [3.8, 4) is 11.3 Å². The van der Waals surface area contributed by atoms with E-state index < -0.39 is 0 Å². The normalized spacial score (nSPS) is 14.0. The molecule has 0 fully saturated rings. The fourth-order valence-electron chi connectivity index (χ4n) is 2.87. The van der Waals surface area contributed by atoms with Gasteiger partial charge in [-0.1, -0.05) is 0 Å². The summed E-state index contributed by atoms with van der Waals surface area (Å²) < 4.78 is 0. The van der Waals surface area contributed by atoms with Crippen LogP contribution in [0.15, 0.2) is 35.8 Å². The largest absolute Gasteiger partial charge is 0.358 e. The lowest BCUT2D eigenvalue weighted by Gasteiger charge is -2.10. The zero-order valence-electron chi connectivity index (χ0n) is 13.3. The molecule has 2 N–H and O–H groups in total. The van der Waals surface area contributed by atoms with Crippen LogP contribution >= 0.6 is 11.3 Å². The van der Waals surface area contributed by atoms with Gasteiger partial charge in [0.1, 0.15) is 0 Å². The van der Waals surface area contributed by atoms with E-state index >= 15 is 0 Å². The first-order valence-corrected chi connectivity index (χ1v) is 8.77. The minimum Gasteiger partial charge on any atom is -0.358 e. The number of thiophene rings is 1. The molecule has 0 aromatic carbocycles. The van der Waals surface area contributed by atoms with Gasteiger partial charge in [0.2, 0.25) is 0 Å². The van der Waals surface area contributed by atoms with Crippen LogP contribution in [0.2, 0.25) is 0 Å². The number of carbonyl (C=O) groups is 1. The van der Waals surface area contributed by atoms with Crippen LogP contribution in [0, 0.1) is 6.92 Å². The van der Waals surface area contributed by atoms with Crippen molar-refractivity contribution in [3.05, 3.63) is 63.2 Å². The highest BCUT2D eigenvalue weighted by atomic mass is 32.1. The van der Waals surface area contributed by atoms with Crippen molar-refractivity contribution in [1.82, 2.24) is 15.3 Å². The summed E-state index contributed by atoms with van der Waals surface area (Å²) in [6.45, 7) is 2.80. The molecule has 4 nitrogen and oxygen atoms in total. The van der Waals surface area contributed by atoms with E-state index in [0.29, 0.717) is 6.54 Å². The molecule has 3 aromatic rings. The van der Waals surface area contributed by atoms with Crippen LogP contribution < -0.4 is 5.32 Å². The highest BCUT2D eigenvalue weighted by molar-refractivity contribution is 7.11. The quantitative estimate of drug-likeness (QED) is 0.762. The molecular formula is C19H17N3OS. The molecule has 5 heteroatoms. The number of pyridine rings is 1. The van der Waals surface area contributed by atoms with Crippen molar-refractivity contribution in [2.75, 3.05) is 6.54 Å². The highest BCUT2D eigenvalue weighted by Crippen LogP contribution is 2.25. The molecule has 0 saturated carbocycles. The van der Waals surface area contributed by atoms with Gasteiger partial charge in [-0.2, -0.15) is 0 Å². The second-order valence-electron chi connectivity index (χ2n) is 5.85. The van der Waals surface area contributed by atoms with Crippen LogP contribution in [-0.2, 0) is 6.42 Å². The van der Waals surface area contributed by atoms with Crippen LogP contribution in [0.5, 0.6) is 0 Å². The maximum absolute atomic E-state index is 11.9. The van der Waals surface area contributed by atoms with E-state index in [1.807, 2.05) is 24.3 Å². The predicted octanol–water partition coefficient (Wildman–Crippen LogP) is 3.90. The van der Waals surface area contributed by atoms with Gasteiger partial charge >= 0.3 is 0 Å². The van der Waals surface area contributed by atoms with Crippen molar-refractivity contribution in [2.24, 2.45) is 0 Å². The van der Waals surface area contributed by atoms with Gasteiger partial charge in [-0.05, 0) is 54.3 Å². The molecule has 0 spiro atoms. The first-order chi connectivity index (χ1) is 11.7. The van der Waals surface area contributed by atoms with E-state index in [1.165, 1.54) is 10.4 Å². The lowest BCUT2D eigenvalue weighted by Crippen LogP contribution is -2.31. The number of aromatic amines is 1. The van der Waals surface area contributed by atoms with Gasteiger partial charge in [0.25, 0.3) is 5.91 Å². The molecule has 0 atom stereocenters. The average molecular weight is 335 g/mol. The Bertz CT molecular complexity index is 936. The Kier molecular flexibility index (Phi) is 3.78. The van der Waals surface area contributed by atoms with Crippen molar-refractivity contribution in [1.29, 1.82) is 0 Å². The zero-order valence-corrected chi connectivity index (χ0v) is 14.1. The molecule has 4 rings (SSSR count). The molecule has 1 amide bonds. The number of fused-ring (bicyclic) bond motifs is 1. The van der Waals surface area contributed by atoms with Crippen molar-refractivity contribution >= 4 is 29.4 Å². The molecule has 0 unspecified atom stereocenters. The minimum atomic E-state index is 0.00101. The Labute approximate surface area is 144 Å². The van der Waals surface area contributed by atoms with Crippen LogP contribution in [0.1, 0.15) is 32.2 Å². The monoisotopic (exact) mass is 335 g/mol. The number of H-pyrrole nitrogens is 1. The summed E-state index contributed by atoms with van der Waals surface area (Å²) in [6.07, 6.45) is 6.77. The SMILES string of the molecule is Cc1ccsc1/C=C/c1cc(-c2cc3c([nH]2)CCNC3=O)ccn1. The van der Waals surface area contributed by atoms with Crippen molar-refractivity contribution < 1.29 is 4.79 Å². The minimum absolute atomic E-state index is 0.00101. The molecule has 120 valence electrons. The number of aromatic nitrogens is 2. The number of hydrogen-bond donors (Lipinski definition) is 2. The number of carbonyl (C=O) groups excluding carboxylic acids is 1. The van der Waals surface area contributed by atoms with Gasteiger partial charge in [0.05, 0.1) is 11.3 Å². The molecule has 0 saturated heterocycles. The number of nitrogens with zero attached hydrogens (tertiary/aromatic N) is 1. The van der Waals surface area contributed by atoms with E-state index in [9.17, 15) is 4.79 Å². The summed E-state index contributed by atoms with van der Waals surface area (Å²) in [6, 6.07) is 8.04. The number of aryl methyl sites for hydroxylation is 1. The number of hydrogen-bond acceptors (Lipinski definition) is 3. The Hall–Kier alpha value is -2.66. The van der Waals surface area contributed by atoms with Gasteiger partial charge in [0, 0.05) is 41.0 Å². The Morgan fingerprint density at radius 2 is 2.17 bits per heavy atom. The average Bonchev–Trinajstić information content (AvgIpc) is 3.20. The highest BCUT2D eigenvalue weighted by Gasteiger charge is 2.19. The van der Waals surface area contributed by atoms with Crippen LogP contribution in [0.4, 0.5) is 0 Å². The van der Waals surface area contributed by atoms with Crippen LogP contribution in [0.25, 0.3) is 23.4 Å². The third-order valence-electron chi connectivity index (χ3n) is 4.20. The molecule has 0 bridgehead atoms. The fourth-order valence-corrected chi connectivity index (χ4v) is 3.69. The second-order valence-corrected chi connectivity index (χ2v) is 6.80. The summed E-state index contributed by atoms with van der Waals surface area (Å²) >= 11 is 1.72. The predicted molar refractivity (Wildman–Crippen MR) is 98.0 cm³/mol. The first kappa shape index (κ1) is 14.9. The number of nitrogens with one attached hydrogen (secondary N) is 2. The molecule has 1 aliphatic rings. The summed E-state index contributed by atoms with van der Waals surface area (Å²) in [5.41, 5.74) is 5.93. The number of rotatable bonds is 3. The smallest absolute Gasteiger partial charge is 0.253 e. The summed E-state index contributed by atoms with van der Waals surface area (Å²) in [4.78, 5) is 20.9. The molecule has 1 aliphatic heterocycles. The van der Waals surface area contributed by atoms with E-state index in [2.05, 4.69) is 39.7 Å². The van der Waals surface area contributed by atoms with Gasteiger partial charge in [-0.15, -0.1) is 11.3 Å². The molecule has 0 radical (unpaired) electrons. The van der Waals surface area contributed by atoms with Crippen molar-refractivity contribution in [3.63, 3.8) is 0 Å². The van der Waals surface area contributed by atoms with Crippen LogP contribution in [-0.4, -0.2) is 22.4 Å². The van der Waals surface area contributed by atoms with E-state index in [1.54, 1.807) is 17.5 Å². The summed E-state index contributed by atoms with van der Waals surface area (Å²) in [5.74, 6) is 0.00101. The lowest BCUT2D eigenvalue weighted by molar-refractivity contribution is 0.0946. The van der Waals surface area contributed by atoms with Crippen molar-refractivity contribution in [2.45, 2.75) is 13.3 Å². The maximum atomic E-state index is 11.9. The molecule has 4 heterocycles. The Morgan fingerprint density at radius 3 is 2.96 bits per heavy atom. The zero-order chi connectivity index (χ0) is 16.5. The maximum Gasteiger partial charge on any atom is 0.253 e. The first-order valence-electron chi connectivity index (χ1n) is 7.89. The standard InChI is InChI=1S/C19H17N3OS/c1-12-6-9-24-18(12)3-2-14-10-13(4-7-20-14)17-11-15-16(22-17)5-8-21-19(15)23/h2-4,6-7,9-11,22H,5,8H2,1H3,(H,21,23)/b3-2+.